The van der Waals surface area contributed by atoms with E-state index in [-0.39, 0.29) is 5.56 Å². The maximum absolute atomic E-state index is 14.1. The summed E-state index contributed by atoms with van der Waals surface area (Å²) >= 11 is 0. The van der Waals surface area contributed by atoms with Crippen LogP contribution in [0.1, 0.15) is 17.3 Å². The van der Waals surface area contributed by atoms with Crippen molar-refractivity contribution in [2.24, 2.45) is 0 Å². The van der Waals surface area contributed by atoms with Gasteiger partial charge >= 0.3 is 0 Å². The highest BCUT2D eigenvalue weighted by molar-refractivity contribution is 5.85. The molecule has 21 heavy (non-hydrogen) atoms. The van der Waals surface area contributed by atoms with Crippen molar-refractivity contribution in [3.8, 4) is 0 Å². The van der Waals surface area contributed by atoms with E-state index in [1.807, 2.05) is 30.3 Å². The third-order valence-corrected chi connectivity index (χ3v) is 3.54. The van der Waals surface area contributed by atoms with Crippen LogP contribution in [0.25, 0.3) is 10.8 Å². The largest absolute Gasteiger partial charge is 0.308 e. The fourth-order valence-electron chi connectivity index (χ4n) is 2.55. The van der Waals surface area contributed by atoms with E-state index in [1.165, 1.54) is 6.07 Å². The minimum atomic E-state index is -0.508. The second-order valence-electron chi connectivity index (χ2n) is 4.80. The van der Waals surface area contributed by atoms with E-state index in [4.69, 9.17) is 0 Å². The molecule has 1 unspecified atom stereocenters. The summed E-state index contributed by atoms with van der Waals surface area (Å²) in [6.45, 7) is 0. The molecular weight excluding hydrogens is 270 g/mol. The summed E-state index contributed by atoms with van der Waals surface area (Å²) in [5.74, 6) is -0.919. The predicted molar refractivity (Wildman–Crippen MR) is 79.0 cm³/mol. The summed E-state index contributed by atoms with van der Waals surface area (Å²) in [7, 11) is 1.71. The molecule has 0 aliphatic rings. The SMILES string of the molecule is CNC(c1cc(F)ccc1F)c1nccc2ccccc12. The smallest absolute Gasteiger partial charge is 0.128 e. The molecule has 1 N–H and O–H groups in total. The molecule has 1 atom stereocenters. The lowest BCUT2D eigenvalue weighted by atomic mass is 9.98. The van der Waals surface area contributed by atoms with Gasteiger partial charge in [-0.25, -0.2) is 8.78 Å². The molecule has 0 amide bonds. The number of rotatable bonds is 3. The molecule has 4 heteroatoms. The van der Waals surface area contributed by atoms with Gasteiger partial charge in [0, 0.05) is 17.1 Å². The third kappa shape index (κ3) is 2.50. The van der Waals surface area contributed by atoms with Crippen molar-refractivity contribution < 1.29 is 8.78 Å². The van der Waals surface area contributed by atoms with Crippen LogP contribution in [0.2, 0.25) is 0 Å². The number of hydrogen-bond acceptors (Lipinski definition) is 2. The van der Waals surface area contributed by atoms with Crippen molar-refractivity contribution in [2.45, 2.75) is 6.04 Å². The Morgan fingerprint density at radius 3 is 2.67 bits per heavy atom. The number of pyridine rings is 1. The first-order valence-electron chi connectivity index (χ1n) is 6.66. The lowest BCUT2D eigenvalue weighted by Crippen LogP contribution is -2.20. The molecule has 0 aliphatic heterocycles. The summed E-state index contributed by atoms with van der Waals surface area (Å²) in [5.41, 5.74) is 0.932. The topological polar surface area (TPSA) is 24.9 Å². The van der Waals surface area contributed by atoms with Crippen molar-refractivity contribution >= 4 is 10.8 Å². The van der Waals surface area contributed by atoms with E-state index in [1.54, 1.807) is 13.2 Å². The van der Waals surface area contributed by atoms with Gasteiger partial charge in [0.25, 0.3) is 0 Å². The van der Waals surface area contributed by atoms with Gasteiger partial charge in [-0.2, -0.15) is 0 Å². The molecule has 3 aromatic rings. The molecule has 0 bridgehead atoms. The Balaban J connectivity index is 2.21. The Morgan fingerprint density at radius 2 is 1.86 bits per heavy atom. The van der Waals surface area contributed by atoms with Gasteiger partial charge in [-0.1, -0.05) is 24.3 Å². The Morgan fingerprint density at radius 1 is 1.05 bits per heavy atom. The molecule has 3 rings (SSSR count). The minimum absolute atomic E-state index is 0.251. The summed E-state index contributed by atoms with van der Waals surface area (Å²) in [5, 5.41) is 4.96. The van der Waals surface area contributed by atoms with Crippen molar-refractivity contribution in [1.29, 1.82) is 0 Å². The second-order valence-corrected chi connectivity index (χ2v) is 4.80. The normalized spacial score (nSPS) is 12.5. The van der Waals surface area contributed by atoms with Gasteiger partial charge in [-0.3, -0.25) is 4.98 Å². The van der Waals surface area contributed by atoms with Crippen LogP contribution in [0, 0.1) is 11.6 Å². The Labute approximate surface area is 121 Å². The number of nitrogens with one attached hydrogen (secondary N) is 1. The van der Waals surface area contributed by atoms with Crippen molar-refractivity contribution in [2.75, 3.05) is 7.05 Å². The number of benzene rings is 2. The van der Waals surface area contributed by atoms with Gasteiger partial charge < -0.3 is 5.32 Å². The van der Waals surface area contributed by atoms with E-state index in [9.17, 15) is 8.78 Å². The quantitative estimate of drug-likeness (QED) is 0.791. The van der Waals surface area contributed by atoms with Crippen LogP contribution < -0.4 is 5.32 Å². The molecule has 0 fully saturated rings. The zero-order valence-electron chi connectivity index (χ0n) is 11.5. The maximum atomic E-state index is 14.1. The molecule has 0 radical (unpaired) electrons. The third-order valence-electron chi connectivity index (χ3n) is 3.54. The fraction of sp³-hybridized carbons (Fsp3) is 0.118. The molecule has 106 valence electrons. The van der Waals surface area contributed by atoms with Gasteiger partial charge in [0.15, 0.2) is 0 Å². The average Bonchev–Trinajstić information content (AvgIpc) is 2.51. The first-order valence-corrected chi connectivity index (χ1v) is 6.66. The van der Waals surface area contributed by atoms with Gasteiger partial charge in [0.05, 0.1) is 11.7 Å². The number of aromatic nitrogens is 1. The molecule has 2 aromatic carbocycles. The zero-order valence-corrected chi connectivity index (χ0v) is 11.5. The van der Waals surface area contributed by atoms with E-state index >= 15 is 0 Å². The number of nitrogens with zero attached hydrogens (tertiary/aromatic N) is 1. The van der Waals surface area contributed by atoms with E-state index in [0.717, 1.165) is 22.9 Å². The van der Waals surface area contributed by atoms with Gasteiger partial charge in [-0.15, -0.1) is 0 Å². The summed E-state index contributed by atoms with van der Waals surface area (Å²) in [4.78, 5) is 4.37. The Kier molecular flexibility index (Phi) is 3.62. The van der Waals surface area contributed by atoms with Crippen molar-refractivity contribution in [3.63, 3.8) is 0 Å². The fourth-order valence-corrected chi connectivity index (χ4v) is 2.55. The lowest BCUT2D eigenvalue weighted by Gasteiger charge is -2.18. The zero-order chi connectivity index (χ0) is 14.8. The van der Waals surface area contributed by atoms with E-state index < -0.39 is 17.7 Å². The Hall–Kier alpha value is -2.33. The van der Waals surface area contributed by atoms with Crippen molar-refractivity contribution in [1.82, 2.24) is 10.3 Å². The minimum Gasteiger partial charge on any atom is -0.308 e. The number of fused-ring (bicyclic) bond motifs is 1. The summed E-state index contributed by atoms with van der Waals surface area (Å²) in [6, 6.07) is 12.6. The first-order chi connectivity index (χ1) is 10.2. The molecule has 1 heterocycles. The van der Waals surface area contributed by atoms with Gasteiger partial charge in [0.2, 0.25) is 0 Å². The number of hydrogen-bond donors (Lipinski definition) is 1. The predicted octanol–water partition coefficient (Wildman–Crippen LogP) is 3.82. The molecule has 0 spiro atoms. The van der Waals surface area contributed by atoms with Crippen LogP contribution in [0.3, 0.4) is 0 Å². The number of halogens is 2. The standard InChI is InChI=1S/C17H14F2N2/c1-20-16(14-10-12(18)6-7-15(14)19)17-13-5-3-2-4-11(13)8-9-21-17/h2-10,16,20H,1H3. The molecule has 2 nitrogen and oxygen atoms in total. The molecular formula is C17H14F2N2. The highest BCUT2D eigenvalue weighted by Gasteiger charge is 2.20. The highest BCUT2D eigenvalue weighted by Crippen LogP contribution is 2.28. The molecule has 0 aliphatic carbocycles. The van der Waals surface area contributed by atoms with E-state index in [2.05, 4.69) is 10.3 Å². The highest BCUT2D eigenvalue weighted by atomic mass is 19.1. The van der Waals surface area contributed by atoms with Crippen LogP contribution in [-0.4, -0.2) is 12.0 Å². The van der Waals surface area contributed by atoms with Crippen LogP contribution >= 0.6 is 0 Å². The van der Waals surface area contributed by atoms with Gasteiger partial charge in [0.1, 0.15) is 11.6 Å². The Bertz CT molecular complexity index is 781. The summed E-state index contributed by atoms with van der Waals surface area (Å²) < 4.78 is 27.5. The van der Waals surface area contributed by atoms with Crippen LogP contribution in [-0.2, 0) is 0 Å². The van der Waals surface area contributed by atoms with E-state index in [0.29, 0.717) is 5.69 Å². The lowest BCUT2D eigenvalue weighted by molar-refractivity contribution is 0.555. The van der Waals surface area contributed by atoms with Crippen LogP contribution in [0.15, 0.2) is 54.7 Å². The second kappa shape index (κ2) is 5.58. The summed E-state index contributed by atoms with van der Waals surface area (Å²) in [6.07, 6.45) is 1.68. The van der Waals surface area contributed by atoms with Crippen LogP contribution in [0.4, 0.5) is 8.78 Å². The maximum Gasteiger partial charge on any atom is 0.128 e. The first kappa shape index (κ1) is 13.6. The van der Waals surface area contributed by atoms with Crippen molar-refractivity contribution in [3.05, 3.63) is 77.6 Å². The molecule has 1 aromatic heterocycles. The van der Waals surface area contributed by atoms with Gasteiger partial charge in [-0.05, 0) is 36.7 Å². The average molecular weight is 284 g/mol. The monoisotopic (exact) mass is 284 g/mol. The molecule has 0 saturated heterocycles. The molecule has 0 saturated carbocycles. The van der Waals surface area contributed by atoms with Crippen LogP contribution in [0.5, 0.6) is 0 Å².